The van der Waals surface area contributed by atoms with Gasteiger partial charge in [-0.3, -0.25) is 4.79 Å². The van der Waals surface area contributed by atoms with Gasteiger partial charge in [0, 0.05) is 25.4 Å². The van der Waals surface area contributed by atoms with Gasteiger partial charge in [0.2, 0.25) is 5.91 Å². The van der Waals surface area contributed by atoms with Crippen molar-refractivity contribution in [3.8, 4) is 0 Å². The minimum absolute atomic E-state index is 0.0536. The first kappa shape index (κ1) is 16.8. The lowest BCUT2D eigenvalue weighted by molar-refractivity contribution is -0.149. The Balaban J connectivity index is 2.00. The fraction of sp³-hybridized carbons (Fsp3) is 0.562. The zero-order valence-electron chi connectivity index (χ0n) is 12.2. The van der Waals surface area contributed by atoms with E-state index in [-0.39, 0.29) is 11.7 Å². The second-order valence-corrected chi connectivity index (χ2v) is 5.70. The zero-order valence-corrected chi connectivity index (χ0v) is 12.2. The number of amides is 1. The number of carbonyl (C=O) groups excluding carboxylic acids is 1. The number of nitrogens with zero attached hydrogens (tertiary/aromatic N) is 1. The van der Waals surface area contributed by atoms with Crippen molar-refractivity contribution in [2.75, 3.05) is 13.1 Å². The molecule has 1 aliphatic heterocycles. The molecule has 1 amide bonds. The number of benzene rings is 1. The second-order valence-electron chi connectivity index (χ2n) is 5.70. The molecule has 1 atom stereocenters. The number of halogens is 4. The van der Waals surface area contributed by atoms with Crippen molar-refractivity contribution >= 4 is 5.91 Å². The van der Waals surface area contributed by atoms with Crippen LogP contribution in [0.2, 0.25) is 0 Å². The summed E-state index contributed by atoms with van der Waals surface area (Å²) in [5.74, 6) is -0.722. The first-order valence-corrected chi connectivity index (χ1v) is 7.45. The van der Waals surface area contributed by atoms with Crippen LogP contribution in [-0.2, 0) is 4.79 Å². The molecule has 1 aliphatic rings. The molecule has 0 bridgehead atoms. The van der Waals surface area contributed by atoms with Crippen LogP contribution < -0.4 is 0 Å². The van der Waals surface area contributed by atoms with Crippen LogP contribution in [0, 0.1) is 5.82 Å². The van der Waals surface area contributed by atoms with E-state index < -0.39 is 24.9 Å². The van der Waals surface area contributed by atoms with Gasteiger partial charge in [-0.1, -0.05) is 18.6 Å². The van der Waals surface area contributed by atoms with Gasteiger partial charge in [-0.05, 0) is 30.5 Å². The highest BCUT2D eigenvalue weighted by molar-refractivity contribution is 5.76. The third kappa shape index (κ3) is 5.00. The lowest BCUT2D eigenvalue weighted by atomic mass is 9.94. The number of rotatable bonds is 3. The Hall–Kier alpha value is -1.59. The molecule has 1 heterocycles. The van der Waals surface area contributed by atoms with Crippen molar-refractivity contribution in [1.29, 1.82) is 0 Å². The first-order chi connectivity index (χ1) is 10.3. The molecule has 0 N–H and O–H groups in total. The van der Waals surface area contributed by atoms with Gasteiger partial charge in [-0.15, -0.1) is 0 Å². The van der Waals surface area contributed by atoms with E-state index in [0.717, 1.165) is 24.8 Å². The van der Waals surface area contributed by atoms with Crippen molar-refractivity contribution in [2.24, 2.45) is 0 Å². The van der Waals surface area contributed by atoms with Crippen LogP contribution in [0.1, 0.15) is 43.6 Å². The molecule has 0 radical (unpaired) electrons. The maximum atomic E-state index is 13.0. The third-order valence-corrected chi connectivity index (χ3v) is 3.99. The second kappa shape index (κ2) is 7.11. The summed E-state index contributed by atoms with van der Waals surface area (Å²) in [5.41, 5.74) is 0.928. The van der Waals surface area contributed by atoms with Crippen molar-refractivity contribution in [1.82, 2.24) is 4.90 Å². The Morgan fingerprint density at radius 1 is 1.18 bits per heavy atom. The molecule has 0 aliphatic carbocycles. The Morgan fingerprint density at radius 3 is 2.50 bits per heavy atom. The highest BCUT2D eigenvalue weighted by Crippen LogP contribution is 2.28. The highest BCUT2D eigenvalue weighted by Gasteiger charge is 2.30. The van der Waals surface area contributed by atoms with E-state index >= 15 is 0 Å². The number of hydrogen-bond acceptors (Lipinski definition) is 1. The molecule has 6 heteroatoms. The summed E-state index contributed by atoms with van der Waals surface area (Å²) >= 11 is 0. The molecule has 0 saturated carbocycles. The summed E-state index contributed by atoms with van der Waals surface area (Å²) in [5, 5.41) is 0. The topological polar surface area (TPSA) is 20.3 Å². The van der Waals surface area contributed by atoms with Gasteiger partial charge in [-0.2, -0.15) is 13.2 Å². The van der Waals surface area contributed by atoms with Crippen LogP contribution >= 0.6 is 0 Å². The van der Waals surface area contributed by atoms with E-state index in [1.165, 1.54) is 17.0 Å². The minimum Gasteiger partial charge on any atom is -0.342 e. The van der Waals surface area contributed by atoms with E-state index in [9.17, 15) is 22.4 Å². The third-order valence-electron chi connectivity index (χ3n) is 3.99. The van der Waals surface area contributed by atoms with Crippen molar-refractivity contribution in [2.45, 2.75) is 44.2 Å². The smallest absolute Gasteiger partial charge is 0.342 e. The van der Waals surface area contributed by atoms with E-state index in [2.05, 4.69) is 0 Å². The minimum atomic E-state index is -4.31. The molecule has 1 aromatic rings. The normalized spacial score (nSPS) is 19.8. The molecule has 0 spiro atoms. The number of likely N-dealkylation sites (tertiary alicyclic amines) is 1. The quantitative estimate of drug-likeness (QED) is 0.763. The van der Waals surface area contributed by atoms with Gasteiger partial charge in [-0.25, -0.2) is 4.39 Å². The number of carbonyl (C=O) groups is 1. The lowest BCUT2D eigenvalue weighted by Crippen LogP contribution is -2.34. The van der Waals surface area contributed by atoms with Crippen LogP contribution in [0.4, 0.5) is 17.6 Å². The molecule has 122 valence electrons. The highest BCUT2D eigenvalue weighted by atomic mass is 19.4. The van der Waals surface area contributed by atoms with Crippen LogP contribution in [-0.4, -0.2) is 30.1 Å². The summed E-state index contributed by atoms with van der Waals surface area (Å²) in [4.78, 5) is 13.5. The fourth-order valence-electron chi connectivity index (χ4n) is 2.78. The van der Waals surface area contributed by atoms with Crippen molar-refractivity contribution in [3.63, 3.8) is 0 Å². The molecule has 1 saturated heterocycles. The average Bonchev–Trinajstić information content (AvgIpc) is 2.71. The summed E-state index contributed by atoms with van der Waals surface area (Å²) < 4.78 is 49.7. The van der Waals surface area contributed by atoms with Crippen molar-refractivity contribution in [3.05, 3.63) is 35.6 Å². The summed E-state index contributed by atoms with van der Waals surface area (Å²) in [7, 11) is 0. The molecule has 2 rings (SSSR count). The predicted molar refractivity (Wildman–Crippen MR) is 74.9 cm³/mol. The largest absolute Gasteiger partial charge is 0.389 e. The maximum Gasteiger partial charge on any atom is 0.389 e. The standard InChI is InChI=1S/C16H19F4NO/c17-14-6-4-12(5-7-14)13-3-1-2-10-21(11-13)15(22)8-9-16(18,19)20/h4-7,13H,1-3,8-11H2. The SMILES string of the molecule is O=C(CCC(F)(F)F)N1CCCCC(c2ccc(F)cc2)C1. The van der Waals surface area contributed by atoms with Gasteiger partial charge in [0.25, 0.3) is 0 Å². The summed E-state index contributed by atoms with van der Waals surface area (Å²) in [6.45, 7) is 0.900. The van der Waals surface area contributed by atoms with E-state index in [0.29, 0.717) is 13.1 Å². The molecular weight excluding hydrogens is 298 g/mol. The average molecular weight is 317 g/mol. The Morgan fingerprint density at radius 2 is 1.86 bits per heavy atom. The summed E-state index contributed by atoms with van der Waals surface area (Å²) in [6.07, 6.45) is -3.34. The Kier molecular flexibility index (Phi) is 5.42. The lowest BCUT2D eigenvalue weighted by Gasteiger charge is -2.25. The van der Waals surface area contributed by atoms with Gasteiger partial charge in [0.15, 0.2) is 0 Å². The Labute approximate surface area is 127 Å². The van der Waals surface area contributed by atoms with E-state index in [4.69, 9.17) is 0 Å². The molecule has 1 aromatic carbocycles. The number of hydrogen-bond donors (Lipinski definition) is 0. The molecular formula is C16H19F4NO. The van der Waals surface area contributed by atoms with Crippen LogP contribution in [0.5, 0.6) is 0 Å². The van der Waals surface area contributed by atoms with Crippen LogP contribution in [0.25, 0.3) is 0 Å². The Bertz CT molecular complexity index is 498. The first-order valence-electron chi connectivity index (χ1n) is 7.45. The maximum absolute atomic E-state index is 13.0. The van der Waals surface area contributed by atoms with Gasteiger partial charge in [0.1, 0.15) is 5.82 Å². The van der Waals surface area contributed by atoms with Gasteiger partial charge >= 0.3 is 6.18 Å². The molecule has 0 aromatic heterocycles. The van der Waals surface area contributed by atoms with E-state index in [1.54, 1.807) is 12.1 Å². The summed E-state index contributed by atoms with van der Waals surface area (Å²) in [6, 6.07) is 6.11. The molecule has 22 heavy (non-hydrogen) atoms. The number of alkyl halides is 3. The van der Waals surface area contributed by atoms with E-state index in [1.807, 2.05) is 0 Å². The van der Waals surface area contributed by atoms with Gasteiger partial charge in [0.05, 0.1) is 6.42 Å². The zero-order chi connectivity index (χ0) is 16.2. The monoisotopic (exact) mass is 317 g/mol. The van der Waals surface area contributed by atoms with Crippen LogP contribution in [0.15, 0.2) is 24.3 Å². The predicted octanol–water partition coefficient (Wildman–Crippen LogP) is 4.26. The molecule has 1 fully saturated rings. The van der Waals surface area contributed by atoms with Crippen LogP contribution in [0.3, 0.4) is 0 Å². The van der Waals surface area contributed by atoms with Gasteiger partial charge < -0.3 is 4.90 Å². The molecule has 1 unspecified atom stereocenters. The van der Waals surface area contributed by atoms with Crippen molar-refractivity contribution < 1.29 is 22.4 Å². The fourth-order valence-corrected chi connectivity index (χ4v) is 2.78. The molecule has 2 nitrogen and oxygen atoms in total.